The molecule has 3 heterocycles. The fraction of sp³-hybridized carbons (Fsp3) is 0.135. The van der Waals surface area contributed by atoms with Crippen molar-refractivity contribution in [1.82, 2.24) is 14.1 Å². The quantitative estimate of drug-likeness (QED) is 0.163. The third kappa shape index (κ3) is 5.29. The zero-order valence-electron chi connectivity index (χ0n) is 32.2. The average Bonchev–Trinajstić information content (AvgIpc) is 3.67. The second-order valence-corrected chi connectivity index (χ2v) is 15.6. The highest BCUT2D eigenvalue weighted by atomic mass is 15.0. The van der Waals surface area contributed by atoms with Crippen molar-refractivity contribution >= 4 is 49.3 Å². The number of nitrogens with zero attached hydrogens (tertiary/aromatic N) is 3. The first-order chi connectivity index (χ1) is 26.8. The van der Waals surface area contributed by atoms with Crippen LogP contribution in [0.4, 0.5) is 0 Å². The summed E-state index contributed by atoms with van der Waals surface area (Å²) in [5.41, 5.74) is 22.6. The normalized spacial score (nSPS) is 12.9. The summed E-state index contributed by atoms with van der Waals surface area (Å²) in [6.45, 7) is 15.1. The molecule has 0 bridgehead atoms. The number of aromatic nitrogens is 3. The summed E-state index contributed by atoms with van der Waals surface area (Å²) in [5, 5.41) is 5.12. The molecule has 266 valence electrons. The van der Waals surface area contributed by atoms with Crippen LogP contribution >= 0.6 is 0 Å². The van der Waals surface area contributed by atoms with Crippen molar-refractivity contribution in [3.05, 3.63) is 174 Å². The van der Waals surface area contributed by atoms with Crippen LogP contribution < -0.4 is 0 Å². The van der Waals surface area contributed by atoms with Gasteiger partial charge >= 0.3 is 0 Å². The minimum Gasteiger partial charge on any atom is -0.310 e. The lowest BCUT2D eigenvalue weighted by Gasteiger charge is -2.21. The van der Waals surface area contributed by atoms with Crippen molar-refractivity contribution in [3.63, 3.8) is 0 Å². The van der Waals surface area contributed by atoms with Crippen LogP contribution in [0.25, 0.3) is 88.4 Å². The second kappa shape index (κ2) is 12.6. The molecule has 1 aliphatic carbocycles. The zero-order chi connectivity index (χ0) is 37.5. The van der Waals surface area contributed by atoms with E-state index in [0.29, 0.717) is 0 Å². The highest BCUT2D eigenvalue weighted by molar-refractivity contribution is 6.15. The standard InChI is InChI=1S/C52H43N3/c1-7-41(8-2)54-49-13-11-35(39-21-31(3)19-32(4)22-39)25-45(49)47-27-37-9-10-38-28-48-46-26-36(40-23-33(5)20-34(6)24-40)12-14-50(46)55(42-15-17-53-18-16-42)52(48)30-44(38)43(37)29-51(47)54/h7-8,11-30H,1,9-10H2,2-6H3/b41-8+. The summed E-state index contributed by atoms with van der Waals surface area (Å²) in [7, 11) is 0. The molecule has 0 amide bonds. The van der Waals surface area contributed by atoms with Gasteiger partial charge in [0.15, 0.2) is 0 Å². The number of pyridine rings is 1. The molecule has 3 nitrogen and oxygen atoms in total. The van der Waals surface area contributed by atoms with Gasteiger partial charge in [-0.25, -0.2) is 0 Å². The minimum absolute atomic E-state index is 1.00. The van der Waals surface area contributed by atoms with Crippen LogP contribution in [-0.2, 0) is 12.8 Å². The van der Waals surface area contributed by atoms with E-state index in [0.717, 1.165) is 24.2 Å². The molecule has 0 unspecified atom stereocenters. The zero-order valence-corrected chi connectivity index (χ0v) is 32.2. The largest absolute Gasteiger partial charge is 0.310 e. The molecule has 0 saturated carbocycles. The molecule has 3 heteroatoms. The molecule has 0 fully saturated rings. The van der Waals surface area contributed by atoms with Crippen LogP contribution in [0.3, 0.4) is 0 Å². The van der Waals surface area contributed by atoms with E-state index in [-0.39, 0.29) is 0 Å². The first-order valence-electron chi connectivity index (χ1n) is 19.4. The molecule has 0 aliphatic heterocycles. The number of rotatable bonds is 5. The predicted octanol–water partition coefficient (Wildman–Crippen LogP) is 13.7. The molecule has 0 atom stereocenters. The summed E-state index contributed by atoms with van der Waals surface area (Å²) in [5.74, 6) is 0. The maximum Gasteiger partial charge on any atom is 0.0547 e. The van der Waals surface area contributed by atoms with E-state index in [1.54, 1.807) is 0 Å². The monoisotopic (exact) mass is 709 g/mol. The molecule has 1 aliphatic rings. The topological polar surface area (TPSA) is 22.8 Å². The van der Waals surface area contributed by atoms with Crippen molar-refractivity contribution in [1.29, 1.82) is 0 Å². The van der Waals surface area contributed by atoms with Crippen molar-refractivity contribution in [2.75, 3.05) is 0 Å². The molecule has 0 radical (unpaired) electrons. The Bertz CT molecular complexity index is 3050. The second-order valence-electron chi connectivity index (χ2n) is 15.6. The highest BCUT2D eigenvalue weighted by Gasteiger charge is 2.24. The van der Waals surface area contributed by atoms with Crippen LogP contribution in [0.1, 0.15) is 40.3 Å². The first-order valence-corrected chi connectivity index (χ1v) is 19.4. The van der Waals surface area contributed by atoms with E-state index in [4.69, 9.17) is 0 Å². The van der Waals surface area contributed by atoms with Gasteiger partial charge in [0.1, 0.15) is 0 Å². The van der Waals surface area contributed by atoms with Crippen LogP contribution in [-0.4, -0.2) is 14.1 Å². The highest BCUT2D eigenvalue weighted by Crippen LogP contribution is 2.45. The Labute approximate surface area is 322 Å². The van der Waals surface area contributed by atoms with Gasteiger partial charge in [-0.3, -0.25) is 4.98 Å². The Morgan fingerprint density at radius 2 is 1.02 bits per heavy atom. The number of allylic oxidation sites excluding steroid dienone is 3. The van der Waals surface area contributed by atoms with Gasteiger partial charge in [0.2, 0.25) is 0 Å². The minimum atomic E-state index is 1.00. The van der Waals surface area contributed by atoms with E-state index >= 15 is 0 Å². The summed E-state index contributed by atoms with van der Waals surface area (Å²) < 4.78 is 4.82. The summed E-state index contributed by atoms with van der Waals surface area (Å²) in [6.07, 6.45) is 9.94. The van der Waals surface area contributed by atoms with Crippen LogP contribution in [0.15, 0.2) is 140 Å². The predicted molar refractivity (Wildman–Crippen MR) is 234 cm³/mol. The van der Waals surface area contributed by atoms with Gasteiger partial charge in [0.05, 0.1) is 22.1 Å². The molecule has 9 aromatic rings. The van der Waals surface area contributed by atoms with E-state index in [9.17, 15) is 0 Å². The van der Waals surface area contributed by atoms with Gasteiger partial charge in [-0.05, 0) is 159 Å². The average molecular weight is 710 g/mol. The van der Waals surface area contributed by atoms with Crippen LogP contribution in [0.5, 0.6) is 0 Å². The fourth-order valence-electron chi connectivity index (χ4n) is 9.43. The van der Waals surface area contributed by atoms with Crippen molar-refractivity contribution in [2.45, 2.75) is 47.5 Å². The van der Waals surface area contributed by atoms with Gasteiger partial charge in [0.25, 0.3) is 0 Å². The molecule has 0 spiro atoms. The number of aryl methyl sites for hydroxylation is 6. The van der Waals surface area contributed by atoms with Crippen molar-refractivity contribution in [2.24, 2.45) is 0 Å². The molecule has 0 N–H and O–H groups in total. The molecular formula is C52H43N3. The Kier molecular flexibility index (Phi) is 7.57. The number of hydrogen-bond donors (Lipinski definition) is 0. The summed E-state index contributed by atoms with van der Waals surface area (Å²) >= 11 is 0. The van der Waals surface area contributed by atoms with Crippen molar-refractivity contribution < 1.29 is 0 Å². The smallest absolute Gasteiger partial charge is 0.0547 e. The molecule has 6 aromatic carbocycles. The first kappa shape index (κ1) is 33.1. The van der Waals surface area contributed by atoms with Crippen molar-refractivity contribution in [3.8, 4) is 39.1 Å². The van der Waals surface area contributed by atoms with E-state index in [1.807, 2.05) is 18.5 Å². The fourth-order valence-corrected chi connectivity index (χ4v) is 9.43. The third-order valence-electron chi connectivity index (χ3n) is 11.7. The maximum atomic E-state index is 4.37. The Morgan fingerprint density at radius 3 is 1.56 bits per heavy atom. The van der Waals surface area contributed by atoms with Gasteiger partial charge in [-0.15, -0.1) is 0 Å². The third-order valence-corrected chi connectivity index (χ3v) is 11.7. The van der Waals surface area contributed by atoms with Gasteiger partial charge < -0.3 is 9.13 Å². The Morgan fingerprint density at radius 1 is 0.527 bits per heavy atom. The van der Waals surface area contributed by atoms with Gasteiger partial charge in [-0.2, -0.15) is 0 Å². The molecular weight excluding hydrogens is 667 g/mol. The molecule has 3 aromatic heterocycles. The maximum absolute atomic E-state index is 4.37. The van der Waals surface area contributed by atoms with Crippen LogP contribution in [0.2, 0.25) is 0 Å². The van der Waals surface area contributed by atoms with E-state index in [2.05, 4.69) is 171 Å². The van der Waals surface area contributed by atoms with E-state index < -0.39 is 0 Å². The van der Waals surface area contributed by atoms with Crippen LogP contribution in [0, 0.1) is 27.7 Å². The number of fused-ring (bicyclic) bond motifs is 9. The SMILES string of the molecule is C=C/C(=C\C)n1c2ccc(-c3cc(C)cc(C)c3)cc2c2cc3c(cc21)-c1cc2c(cc1CC3)c1cc(-c3cc(C)cc(C)c3)ccc1n2-c1ccncc1. The lowest BCUT2D eigenvalue weighted by Crippen LogP contribution is -2.05. The lowest BCUT2D eigenvalue weighted by molar-refractivity contribution is 0.946. The Balaban J connectivity index is 1.23. The summed E-state index contributed by atoms with van der Waals surface area (Å²) in [4.78, 5) is 4.37. The number of hydrogen-bond acceptors (Lipinski definition) is 1. The van der Waals surface area contributed by atoms with E-state index in [1.165, 1.54) is 110 Å². The Hall–Kier alpha value is -6.45. The van der Waals surface area contributed by atoms with Gasteiger partial charge in [0, 0.05) is 45.3 Å². The lowest BCUT2D eigenvalue weighted by atomic mass is 9.84. The molecule has 0 saturated heterocycles. The molecule has 55 heavy (non-hydrogen) atoms. The number of benzene rings is 6. The molecule has 10 rings (SSSR count). The summed E-state index contributed by atoms with van der Waals surface area (Å²) in [6, 6.07) is 41.7. The van der Waals surface area contributed by atoms with Gasteiger partial charge in [-0.1, -0.05) is 83.4 Å².